The Labute approximate surface area is 114 Å². The maximum atomic E-state index is 12.0. The molecule has 2 heterocycles. The summed E-state index contributed by atoms with van der Waals surface area (Å²) in [6.07, 6.45) is 4.27. The molecular weight excluding hydrogens is 240 g/mol. The first-order valence-corrected chi connectivity index (χ1v) is 6.65. The first kappa shape index (κ1) is 14.0. The molecule has 1 aromatic heterocycles. The molecule has 1 fully saturated rings. The SMILES string of the molecule is CC1(C)CN(CC(=O)Nc2ccncc2)CCC1N. The number of nitrogens with two attached hydrogens (primary N) is 1. The number of nitrogens with one attached hydrogen (secondary N) is 1. The van der Waals surface area contributed by atoms with E-state index in [0.717, 1.165) is 25.2 Å². The summed E-state index contributed by atoms with van der Waals surface area (Å²) in [6, 6.07) is 3.79. The average molecular weight is 262 g/mol. The van der Waals surface area contributed by atoms with Crippen LogP contribution in [0.3, 0.4) is 0 Å². The summed E-state index contributed by atoms with van der Waals surface area (Å²) < 4.78 is 0. The quantitative estimate of drug-likeness (QED) is 0.855. The number of piperidine rings is 1. The Hall–Kier alpha value is -1.46. The minimum Gasteiger partial charge on any atom is -0.327 e. The number of pyridine rings is 1. The van der Waals surface area contributed by atoms with Crippen molar-refractivity contribution < 1.29 is 4.79 Å². The lowest BCUT2D eigenvalue weighted by Crippen LogP contribution is -2.53. The third-order valence-electron chi connectivity index (χ3n) is 3.72. The largest absolute Gasteiger partial charge is 0.327 e. The molecule has 2 rings (SSSR count). The number of amides is 1. The van der Waals surface area contributed by atoms with Gasteiger partial charge in [-0.2, -0.15) is 0 Å². The molecule has 0 aromatic carbocycles. The number of nitrogens with zero attached hydrogens (tertiary/aromatic N) is 2. The van der Waals surface area contributed by atoms with Crippen molar-refractivity contribution in [2.45, 2.75) is 26.3 Å². The van der Waals surface area contributed by atoms with Crippen molar-refractivity contribution in [3.63, 3.8) is 0 Å². The van der Waals surface area contributed by atoms with Gasteiger partial charge in [-0.05, 0) is 24.0 Å². The molecule has 3 N–H and O–H groups in total. The van der Waals surface area contributed by atoms with Crippen molar-refractivity contribution >= 4 is 11.6 Å². The minimum atomic E-state index is 0.0115. The van der Waals surface area contributed by atoms with Gasteiger partial charge in [-0.1, -0.05) is 13.8 Å². The van der Waals surface area contributed by atoms with Crippen molar-refractivity contribution in [3.8, 4) is 0 Å². The van der Waals surface area contributed by atoms with Crippen molar-refractivity contribution in [1.82, 2.24) is 9.88 Å². The normalized spacial score (nSPS) is 23.0. The van der Waals surface area contributed by atoms with Gasteiger partial charge >= 0.3 is 0 Å². The number of hydrogen-bond donors (Lipinski definition) is 2. The molecule has 1 atom stereocenters. The van der Waals surface area contributed by atoms with Gasteiger partial charge in [0.15, 0.2) is 0 Å². The van der Waals surface area contributed by atoms with Crippen LogP contribution in [0.15, 0.2) is 24.5 Å². The molecule has 1 unspecified atom stereocenters. The van der Waals surface area contributed by atoms with Crippen LogP contribution in [0.2, 0.25) is 0 Å². The Kier molecular flexibility index (Phi) is 4.17. The van der Waals surface area contributed by atoms with Crippen LogP contribution in [0.1, 0.15) is 20.3 Å². The summed E-state index contributed by atoms with van der Waals surface area (Å²) in [7, 11) is 0. The predicted molar refractivity (Wildman–Crippen MR) is 75.7 cm³/mol. The number of carbonyl (C=O) groups excluding carboxylic acids is 1. The van der Waals surface area contributed by atoms with Crippen molar-refractivity contribution in [3.05, 3.63) is 24.5 Å². The van der Waals surface area contributed by atoms with Gasteiger partial charge in [-0.25, -0.2) is 0 Å². The van der Waals surface area contributed by atoms with Gasteiger partial charge in [-0.3, -0.25) is 14.7 Å². The van der Waals surface area contributed by atoms with Crippen LogP contribution in [0.25, 0.3) is 0 Å². The van der Waals surface area contributed by atoms with E-state index in [-0.39, 0.29) is 17.4 Å². The van der Waals surface area contributed by atoms with Gasteiger partial charge in [0.1, 0.15) is 0 Å². The van der Waals surface area contributed by atoms with Crippen LogP contribution in [-0.4, -0.2) is 41.5 Å². The van der Waals surface area contributed by atoms with Crippen molar-refractivity contribution in [1.29, 1.82) is 0 Å². The van der Waals surface area contributed by atoms with E-state index in [1.165, 1.54) is 0 Å². The molecule has 5 nitrogen and oxygen atoms in total. The molecule has 104 valence electrons. The number of hydrogen-bond acceptors (Lipinski definition) is 4. The monoisotopic (exact) mass is 262 g/mol. The van der Waals surface area contributed by atoms with Gasteiger partial charge in [0, 0.05) is 37.2 Å². The highest BCUT2D eigenvalue weighted by Crippen LogP contribution is 2.27. The second-order valence-electron chi connectivity index (χ2n) is 5.88. The highest BCUT2D eigenvalue weighted by molar-refractivity contribution is 5.92. The Morgan fingerprint density at radius 3 is 2.84 bits per heavy atom. The summed E-state index contributed by atoms with van der Waals surface area (Å²) in [5.41, 5.74) is 6.94. The van der Waals surface area contributed by atoms with E-state index in [0.29, 0.717) is 6.54 Å². The summed E-state index contributed by atoms with van der Waals surface area (Å²) in [4.78, 5) is 18.1. The number of anilines is 1. The van der Waals surface area contributed by atoms with Crippen LogP contribution in [0.5, 0.6) is 0 Å². The third-order valence-corrected chi connectivity index (χ3v) is 3.72. The molecule has 19 heavy (non-hydrogen) atoms. The van der Waals surface area contributed by atoms with E-state index >= 15 is 0 Å². The molecule has 5 heteroatoms. The molecule has 0 spiro atoms. The average Bonchev–Trinajstić information content (AvgIpc) is 2.34. The molecular formula is C14H22N4O. The molecule has 1 aliphatic heterocycles. The molecule has 0 bridgehead atoms. The molecule has 1 aromatic rings. The molecule has 0 aliphatic carbocycles. The lowest BCUT2D eigenvalue weighted by molar-refractivity contribution is -0.118. The van der Waals surface area contributed by atoms with E-state index in [9.17, 15) is 4.79 Å². The van der Waals surface area contributed by atoms with E-state index in [1.54, 1.807) is 24.5 Å². The smallest absolute Gasteiger partial charge is 0.238 e. The molecule has 0 saturated carbocycles. The number of rotatable bonds is 3. The topological polar surface area (TPSA) is 71.2 Å². The fourth-order valence-corrected chi connectivity index (χ4v) is 2.46. The Morgan fingerprint density at radius 2 is 2.21 bits per heavy atom. The molecule has 1 aliphatic rings. The standard InChI is InChI=1S/C14H22N4O/c1-14(2)10-18(8-5-12(14)15)9-13(19)17-11-3-6-16-7-4-11/h3-4,6-7,12H,5,8-10,15H2,1-2H3,(H,16,17,19). The zero-order valence-electron chi connectivity index (χ0n) is 11.6. The first-order valence-electron chi connectivity index (χ1n) is 6.65. The zero-order chi connectivity index (χ0) is 13.9. The summed E-state index contributed by atoms with van der Waals surface area (Å²) >= 11 is 0. The fraction of sp³-hybridized carbons (Fsp3) is 0.571. The fourth-order valence-electron chi connectivity index (χ4n) is 2.46. The second-order valence-corrected chi connectivity index (χ2v) is 5.88. The highest BCUT2D eigenvalue weighted by Gasteiger charge is 2.33. The zero-order valence-corrected chi connectivity index (χ0v) is 11.6. The molecule has 1 saturated heterocycles. The summed E-state index contributed by atoms with van der Waals surface area (Å²) in [6.45, 7) is 6.47. The van der Waals surface area contributed by atoms with Gasteiger partial charge in [0.25, 0.3) is 0 Å². The minimum absolute atomic E-state index is 0.0115. The Morgan fingerprint density at radius 1 is 1.53 bits per heavy atom. The van der Waals surface area contributed by atoms with Gasteiger partial charge in [0.05, 0.1) is 6.54 Å². The maximum Gasteiger partial charge on any atom is 0.238 e. The van der Waals surface area contributed by atoms with Crippen LogP contribution in [0, 0.1) is 5.41 Å². The lowest BCUT2D eigenvalue weighted by atomic mass is 9.80. The van der Waals surface area contributed by atoms with Crippen LogP contribution < -0.4 is 11.1 Å². The first-order chi connectivity index (χ1) is 8.97. The van der Waals surface area contributed by atoms with E-state index in [4.69, 9.17) is 5.73 Å². The Bertz CT molecular complexity index is 432. The summed E-state index contributed by atoms with van der Waals surface area (Å²) in [5.74, 6) is 0.0115. The van der Waals surface area contributed by atoms with Crippen LogP contribution in [0.4, 0.5) is 5.69 Å². The van der Waals surface area contributed by atoms with E-state index < -0.39 is 0 Å². The van der Waals surface area contributed by atoms with E-state index in [1.807, 2.05) is 0 Å². The van der Waals surface area contributed by atoms with Crippen molar-refractivity contribution in [2.24, 2.45) is 11.1 Å². The highest BCUT2D eigenvalue weighted by atomic mass is 16.2. The molecule has 1 amide bonds. The Balaban J connectivity index is 1.86. The van der Waals surface area contributed by atoms with Gasteiger partial charge in [-0.15, -0.1) is 0 Å². The van der Waals surface area contributed by atoms with Crippen LogP contribution in [-0.2, 0) is 4.79 Å². The summed E-state index contributed by atoms with van der Waals surface area (Å²) in [5, 5.41) is 2.88. The second kappa shape index (κ2) is 5.67. The number of aromatic nitrogens is 1. The van der Waals surface area contributed by atoms with E-state index in [2.05, 4.69) is 29.0 Å². The maximum absolute atomic E-state index is 12.0. The lowest BCUT2D eigenvalue weighted by Gasteiger charge is -2.42. The third kappa shape index (κ3) is 3.75. The van der Waals surface area contributed by atoms with Gasteiger partial charge in [0.2, 0.25) is 5.91 Å². The number of carbonyl (C=O) groups is 1. The van der Waals surface area contributed by atoms with Gasteiger partial charge < -0.3 is 11.1 Å². The molecule has 0 radical (unpaired) electrons. The van der Waals surface area contributed by atoms with Crippen LogP contribution >= 0.6 is 0 Å². The van der Waals surface area contributed by atoms with Crippen molar-refractivity contribution in [2.75, 3.05) is 25.0 Å². The number of likely N-dealkylation sites (tertiary alicyclic amines) is 1. The predicted octanol–water partition coefficient (Wildman–Crippen LogP) is 1.08.